The Morgan fingerprint density at radius 1 is 1.26 bits per heavy atom. The van der Waals surface area contributed by atoms with Gasteiger partial charge in [-0.1, -0.05) is 12.1 Å². The molecule has 19 heavy (non-hydrogen) atoms. The van der Waals surface area contributed by atoms with Gasteiger partial charge in [0.2, 0.25) is 0 Å². The van der Waals surface area contributed by atoms with Crippen LogP contribution in [0.15, 0.2) is 30.5 Å². The quantitative estimate of drug-likeness (QED) is 0.441. The van der Waals surface area contributed by atoms with Gasteiger partial charge >= 0.3 is 6.18 Å². The second kappa shape index (κ2) is 4.73. The summed E-state index contributed by atoms with van der Waals surface area (Å²) in [6.07, 6.45) is -3.14. The second-order valence-electron chi connectivity index (χ2n) is 3.69. The number of hydrogen-bond acceptors (Lipinski definition) is 3. The summed E-state index contributed by atoms with van der Waals surface area (Å²) >= 11 is 0. The van der Waals surface area contributed by atoms with E-state index in [0.29, 0.717) is 5.56 Å². The van der Waals surface area contributed by atoms with Gasteiger partial charge in [0.25, 0.3) is 5.91 Å². The number of amides is 1. The first-order valence-corrected chi connectivity index (χ1v) is 5.15. The molecule has 1 aromatic heterocycles. The van der Waals surface area contributed by atoms with E-state index in [1.54, 1.807) is 0 Å². The molecule has 5 nitrogen and oxygen atoms in total. The Bertz CT molecular complexity index is 589. The van der Waals surface area contributed by atoms with E-state index in [2.05, 4.69) is 9.97 Å². The van der Waals surface area contributed by atoms with Crippen molar-refractivity contribution >= 4 is 5.91 Å². The third kappa shape index (κ3) is 2.74. The van der Waals surface area contributed by atoms with Crippen LogP contribution in [0, 0.1) is 0 Å². The number of carbonyl (C=O) groups excluding carboxylic acids is 1. The lowest BCUT2D eigenvalue weighted by atomic mass is 10.1. The molecule has 0 bridgehead atoms. The van der Waals surface area contributed by atoms with Gasteiger partial charge in [-0.25, -0.2) is 10.8 Å². The maximum Gasteiger partial charge on any atom is 0.416 e. The minimum Gasteiger partial charge on any atom is -0.334 e. The molecule has 0 aliphatic carbocycles. The molecule has 0 saturated heterocycles. The molecule has 0 aliphatic rings. The van der Waals surface area contributed by atoms with Crippen molar-refractivity contribution in [3.63, 3.8) is 0 Å². The van der Waals surface area contributed by atoms with Crippen molar-refractivity contribution in [1.82, 2.24) is 15.4 Å². The highest BCUT2D eigenvalue weighted by Gasteiger charge is 2.30. The number of hydrogen-bond donors (Lipinski definition) is 3. The third-order valence-corrected chi connectivity index (χ3v) is 2.44. The number of benzene rings is 1. The summed E-state index contributed by atoms with van der Waals surface area (Å²) in [5, 5.41) is 0. The molecule has 0 unspecified atom stereocenters. The zero-order valence-electron chi connectivity index (χ0n) is 9.45. The lowest BCUT2D eigenvalue weighted by Gasteiger charge is -2.06. The molecular weight excluding hydrogens is 261 g/mol. The fraction of sp³-hybridized carbons (Fsp3) is 0.0909. The highest BCUT2D eigenvalue weighted by atomic mass is 19.4. The Kier molecular flexibility index (Phi) is 3.26. The minimum absolute atomic E-state index is 0.123. The Morgan fingerprint density at radius 2 is 1.89 bits per heavy atom. The number of halogens is 3. The third-order valence-electron chi connectivity index (χ3n) is 2.44. The molecule has 2 rings (SSSR count). The summed E-state index contributed by atoms with van der Waals surface area (Å²) < 4.78 is 37.2. The molecule has 4 N–H and O–H groups in total. The van der Waals surface area contributed by atoms with E-state index in [-0.39, 0.29) is 11.5 Å². The monoisotopic (exact) mass is 270 g/mol. The number of H-pyrrole nitrogens is 1. The van der Waals surface area contributed by atoms with Crippen molar-refractivity contribution in [2.45, 2.75) is 6.18 Å². The van der Waals surface area contributed by atoms with Gasteiger partial charge in [-0.05, 0) is 12.1 Å². The summed E-state index contributed by atoms with van der Waals surface area (Å²) in [4.78, 5) is 17.7. The first kappa shape index (κ1) is 13.1. The van der Waals surface area contributed by atoms with E-state index in [4.69, 9.17) is 5.84 Å². The summed E-state index contributed by atoms with van der Waals surface area (Å²) in [5.74, 6) is 4.67. The van der Waals surface area contributed by atoms with Gasteiger partial charge in [0.05, 0.1) is 11.8 Å². The number of carbonyl (C=O) groups is 1. The maximum atomic E-state index is 12.4. The van der Waals surface area contributed by atoms with Crippen LogP contribution in [0.1, 0.15) is 16.1 Å². The van der Waals surface area contributed by atoms with Crippen molar-refractivity contribution in [2.75, 3.05) is 0 Å². The topological polar surface area (TPSA) is 83.8 Å². The van der Waals surface area contributed by atoms with Gasteiger partial charge in [0.1, 0.15) is 11.5 Å². The summed E-state index contributed by atoms with van der Waals surface area (Å²) in [5.41, 5.74) is 1.73. The average Bonchev–Trinajstić information content (AvgIpc) is 2.86. The number of imidazole rings is 1. The van der Waals surface area contributed by atoms with Gasteiger partial charge in [-0.15, -0.1) is 0 Å². The van der Waals surface area contributed by atoms with Crippen molar-refractivity contribution in [1.29, 1.82) is 0 Å². The number of nitrogen functional groups attached to an aromatic ring is 1. The molecule has 0 radical (unpaired) electrons. The zero-order chi connectivity index (χ0) is 14.0. The summed E-state index contributed by atoms with van der Waals surface area (Å²) in [6.45, 7) is 0. The van der Waals surface area contributed by atoms with Crippen LogP contribution in [0.4, 0.5) is 13.2 Å². The van der Waals surface area contributed by atoms with Crippen LogP contribution in [0.25, 0.3) is 11.4 Å². The summed E-state index contributed by atoms with van der Waals surface area (Å²) in [6, 6.07) is 4.43. The van der Waals surface area contributed by atoms with E-state index in [9.17, 15) is 18.0 Å². The minimum atomic E-state index is -4.38. The first-order chi connectivity index (χ1) is 8.91. The summed E-state index contributed by atoms with van der Waals surface area (Å²) in [7, 11) is 0. The number of nitrogens with zero attached hydrogens (tertiary/aromatic N) is 1. The number of aromatic amines is 1. The van der Waals surface area contributed by atoms with Crippen LogP contribution in [0.5, 0.6) is 0 Å². The SMILES string of the molecule is NNC(=O)c1cnc(-c2ccc(C(F)(F)F)cc2)[nH]1. The van der Waals surface area contributed by atoms with Crippen molar-refractivity contribution in [3.8, 4) is 11.4 Å². The first-order valence-electron chi connectivity index (χ1n) is 5.15. The van der Waals surface area contributed by atoms with Crippen LogP contribution < -0.4 is 11.3 Å². The normalized spacial score (nSPS) is 11.4. The van der Waals surface area contributed by atoms with E-state index in [1.807, 2.05) is 5.43 Å². The highest BCUT2D eigenvalue weighted by Crippen LogP contribution is 2.30. The maximum absolute atomic E-state index is 12.4. The van der Waals surface area contributed by atoms with Gasteiger partial charge in [0.15, 0.2) is 0 Å². The van der Waals surface area contributed by atoms with E-state index in [0.717, 1.165) is 12.1 Å². The van der Waals surface area contributed by atoms with Crippen LogP contribution >= 0.6 is 0 Å². The lowest BCUT2D eigenvalue weighted by molar-refractivity contribution is -0.137. The number of nitrogens with two attached hydrogens (primary N) is 1. The predicted molar refractivity (Wildman–Crippen MR) is 60.7 cm³/mol. The zero-order valence-corrected chi connectivity index (χ0v) is 9.45. The number of rotatable bonds is 2. The van der Waals surface area contributed by atoms with Gasteiger partial charge < -0.3 is 4.98 Å². The fourth-order valence-electron chi connectivity index (χ4n) is 1.48. The van der Waals surface area contributed by atoms with Crippen LogP contribution in [0.3, 0.4) is 0 Å². The molecule has 0 spiro atoms. The van der Waals surface area contributed by atoms with Crippen LogP contribution in [-0.2, 0) is 6.18 Å². The molecule has 100 valence electrons. The number of nitrogens with one attached hydrogen (secondary N) is 2. The van der Waals surface area contributed by atoms with Crippen molar-refractivity contribution in [3.05, 3.63) is 41.7 Å². The number of hydrazine groups is 1. The molecule has 1 aromatic carbocycles. The standard InChI is InChI=1S/C11H9F3N4O/c12-11(13,14)7-3-1-6(2-4-7)9-16-5-8(17-9)10(19)18-15/h1-5H,15H2,(H,16,17)(H,18,19). The Morgan fingerprint density at radius 3 is 2.42 bits per heavy atom. The molecule has 2 aromatic rings. The van der Waals surface area contributed by atoms with Crippen LogP contribution in [-0.4, -0.2) is 15.9 Å². The van der Waals surface area contributed by atoms with Crippen molar-refractivity contribution in [2.24, 2.45) is 5.84 Å². The molecule has 8 heteroatoms. The van der Waals surface area contributed by atoms with Crippen molar-refractivity contribution < 1.29 is 18.0 Å². The number of alkyl halides is 3. The fourth-order valence-corrected chi connectivity index (χ4v) is 1.48. The average molecular weight is 270 g/mol. The van der Waals surface area contributed by atoms with Crippen LogP contribution in [0.2, 0.25) is 0 Å². The second-order valence-corrected chi connectivity index (χ2v) is 3.69. The highest BCUT2D eigenvalue weighted by molar-refractivity contribution is 5.92. The predicted octanol–water partition coefficient (Wildman–Crippen LogP) is 1.70. The van der Waals surface area contributed by atoms with Gasteiger partial charge in [0, 0.05) is 5.56 Å². The van der Waals surface area contributed by atoms with E-state index in [1.165, 1.54) is 18.3 Å². The molecule has 0 aliphatic heterocycles. The molecule has 0 fully saturated rings. The Hall–Kier alpha value is -2.35. The molecule has 1 heterocycles. The Balaban J connectivity index is 2.28. The van der Waals surface area contributed by atoms with Gasteiger partial charge in [-0.3, -0.25) is 10.2 Å². The van der Waals surface area contributed by atoms with E-state index >= 15 is 0 Å². The smallest absolute Gasteiger partial charge is 0.334 e. The van der Waals surface area contributed by atoms with Gasteiger partial charge in [-0.2, -0.15) is 13.2 Å². The largest absolute Gasteiger partial charge is 0.416 e. The number of aromatic nitrogens is 2. The molecule has 1 amide bonds. The Labute approximate surface area is 105 Å². The molecular formula is C11H9F3N4O. The lowest BCUT2D eigenvalue weighted by Crippen LogP contribution is -2.30. The molecule has 0 saturated carbocycles. The van der Waals surface area contributed by atoms with E-state index < -0.39 is 17.6 Å². The molecule has 0 atom stereocenters.